The minimum atomic E-state index is 0.687. The fraction of sp³-hybridized carbons (Fsp3) is 0.733. The molecule has 1 aromatic rings. The number of aromatic nitrogens is 2. The van der Waals surface area contributed by atoms with Gasteiger partial charge < -0.3 is 10.1 Å². The van der Waals surface area contributed by atoms with Crippen LogP contribution in [0.1, 0.15) is 49.7 Å². The van der Waals surface area contributed by atoms with Gasteiger partial charge in [0.15, 0.2) is 0 Å². The highest BCUT2D eigenvalue weighted by atomic mass is 16.5. The minimum absolute atomic E-state index is 0.687. The van der Waals surface area contributed by atoms with Crippen molar-refractivity contribution in [2.45, 2.75) is 51.9 Å². The lowest BCUT2D eigenvalue weighted by Gasteiger charge is -2.14. The Morgan fingerprint density at radius 3 is 2.79 bits per heavy atom. The van der Waals surface area contributed by atoms with E-state index in [2.05, 4.69) is 12.2 Å². The Hall–Kier alpha value is -1.16. The number of ether oxygens (including phenoxy) is 1. The fourth-order valence-corrected chi connectivity index (χ4v) is 2.52. The Morgan fingerprint density at radius 1 is 1.16 bits per heavy atom. The van der Waals surface area contributed by atoms with Crippen LogP contribution in [0, 0.1) is 0 Å². The van der Waals surface area contributed by atoms with Crippen molar-refractivity contribution in [1.29, 1.82) is 0 Å². The highest BCUT2D eigenvalue weighted by Crippen LogP contribution is 2.25. The molecular weight excluding hydrogens is 238 g/mol. The van der Waals surface area contributed by atoms with Gasteiger partial charge in [0.2, 0.25) is 0 Å². The number of nitrogens with one attached hydrogen (secondary N) is 1. The first kappa shape index (κ1) is 14.3. The lowest BCUT2D eigenvalue weighted by molar-refractivity contribution is 0.200. The zero-order valence-corrected chi connectivity index (χ0v) is 12.2. The predicted octanol–water partition coefficient (Wildman–Crippen LogP) is 2.76. The standard InChI is InChI=1S/C15H25N3O/c1-3-10-16-15-12-7-5-4-6-8-13(12)17-14(18-15)9-11-19-2/h3-11H2,1-2H3,(H,16,17,18). The lowest BCUT2D eigenvalue weighted by atomic mass is 10.1. The molecular formula is C15H25N3O. The summed E-state index contributed by atoms with van der Waals surface area (Å²) in [6, 6.07) is 0. The maximum Gasteiger partial charge on any atom is 0.133 e. The van der Waals surface area contributed by atoms with E-state index in [0.29, 0.717) is 6.61 Å². The van der Waals surface area contributed by atoms with Gasteiger partial charge >= 0.3 is 0 Å². The summed E-state index contributed by atoms with van der Waals surface area (Å²) in [6.07, 6.45) is 7.94. The van der Waals surface area contributed by atoms with Crippen molar-refractivity contribution in [3.8, 4) is 0 Å². The first-order valence-corrected chi connectivity index (χ1v) is 7.46. The van der Waals surface area contributed by atoms with E-state index in [4.69, 9.17) is 14.7 Å². The summed E-state index contributed by atoms with van der Waals surface area (Å²) >= 11 is 0. The smallest absolute Gasteiger partial charge is 0.133 e. The van der Waals surface area contributed by atoms with Gasteiger partial charge in [-0.05, 0) is 32.1 Å². The Kier molecular flexibility index (Phi) is 5.58. The van der Waals surface area contributed by atoms with E-state index in [1.807, 2.05) is 0 Å². The molecule has 0 radical (unpaired) electrons. The van der Waals surface area contributed by atoms with Gasteiger partial charge in [-0.25, -0.2) is 9.97 Å². The van der Waals surface area contributed by atoms with Crippen molar-refractivity contribution in [3.63, 3.8) is 0 Å². The molecule has 0 atom stereocenters. The number of methoxy groups -OCH3 is 1. The fourth-order valence-electron chi connectivity index (χ4n) is 2.52. The highest BCUT2D eigenvalue weighted by molar-refractivity contribution is 5.47. The second kappa shape index (κ2) is 7.43. The zero-order chi connectivity index (χ0) is 13.5. The summed E-state index contributed by atoms with van der Waals surface area (Å²) < 4.78 is 5.14. The number of fused-ring (bicyclic) bond motifs is 1. The molecule has 0 aliphatic heterocycles. The van der Waals surface area contributed by atoms with E-state index in [0.717, 1.165) is 43.9 Å². The molecule has 0 amide bonds. The Bertz CT molecular complexity index is 407. The Balaban J connectivity index is 2.25. The maximum atomic E-state index is 5.14. The van der Waals surface area contributed by atoms with Gasteiger partial charge in [0.1, 0.15) is 11.6 Å². The molecule has 1 heterocycles. The van der Waals surface area contributed by atoms with Crippen molar-refractivity contribution in [1.82, 2.24) is 9.97 Å². The summed E-state index contributed by atoms with van der Waals surface area (Å²) in [5.74, 6) is 1.99. The molecule has 4 heteroatoms. The van der Waals surface area contributed by atoms with Crippen LogP contribution in [0.15, 0.2) is 0 Å². The molecule has 2 rings (SSSR count). The number of hydrogen-bond acceptors (Lipinski definition) is 4. The lowest BCUT2D eigenvalue weighted by Crippen LogP contribution is -2.13. The first-order chi connectivity index (χ1) is 9.35. The van der Waals surface area contributed by atoms with Crippen LogP contribution >= 0.6 is 0 Å². The molecule has 0 aromatic carbocycles. The molecule has 0 saturated carbocycles. The highest BCUT2D eigenvalue weighted by Gasteiger charge is 2.16. The van der Waals surface area contributed by atoms with Crippen molar-refractivity contribution in [3.05, 3.63) is 17.1 Å². The largest absolute Gasteiger partial charge is 0.384 e. The second-order valence-electron chi connectivity index (χ2n) is 5.14. The van der Waals surface area contributed by atoms with Crippen LogP contribution in [0.25, 0.3) is 0 Å². The van der Waals surface area contributed by atoms with Crippen molar-refractivity contribution < 1.29 is 4.74 Å². The molecule has 0 spiro atoms. The molecule has 0 fully saturated rings. The van der Waals surface area contributed by atoms with Crippen LogP contribution in [-0.2, 0) is 24.0 Å². The van der Waals surface area contributed by atoms with E-state index in [1.165, 1.54) is 30.5 Å². The summed E-state index contributed by atoms with van der Waals surface area (Å²) in [5.41, 5.74) is 2.62. The van der Waals surface area contributed by atoms with Crippen molar-refractivity contribution >= 4 is 5.82 Å². The predicted molar refractivity (Wildman–Crippen MR) is 77.7 cm³/mol. The number of rotatable bonds is 6. The number of nitrogens with zero attached hydrogens (tertiary/aromatic N) is 2. The normalized spacial score (nSPS) is 14.8. The van der Waals surface area contributed by atoms with Gasteiger partial charge in [-0.3, -0.25) is 0 Å². The first-order valence-electron chi connectivity index (χ1n) is 7.46. The summed E-state index contributed by atoms with van der Waals surface area (Å²) in [6.45, 7) is 3.85. The third kappa shape index (κ3) is 3.90. The quantitative estimate of drug-likeness (QED) is 0.802. The molecule has 1 aliphatic rings. The number of anilines is 1. The van der Waals surface area contributed by atoms with Crippen LogP contribution in [0.3, 0.4) is 0 Å². The van der Waals surface area contributed by atoms with Crippen LogP contribution in [0.2, 0.25) is 0 Å². The van der Waals surface area contributed by atoms with Crippen LogP contribution in [0.4, 0.5) is 5.82 Å². The SMILES string of the molecule is CCCNc1nc(CCOC)nc2c1CCCCC2. The van der Waals surface area contributed by atoms with E-state index in [9.17, 15) is 0 Å². The van der Waals surface area contributed by atoms with E-state index in [1.54, 1.807) is 7.11 Å². The third-order valence-corrected chi connectivity index (χ3v) is 3.55. The van der Waals surface area contributed by atoms with Gasteiger partial charge in [0.25, 0.3) is 0 Å². The molecule has 0 saturated heterocycles. The second-order valence-corrected chi connectivity index (χ2v) is 5.14. The average Bonchev–Trinajstić information content (AvgIpc) is 2.67. The van der Waals surface area contributed by atoms with E-state index < -0.39 is 0 Å². The number of hydrogen-bond donors (Lipinski definition) is 1. The van der Waals surface area contributed by atoms with Gasteiger partial charge in [-0.2, -0.15) is 0 Å². The topological polar surface area (TPSA) is 47.0 Å². The van der Waals surface area contributed by atoms with Gasteiger partial charge in [-0.15, -0.1) is 0 Å². The monoisotopic (exact) mass is 263 g/mol. The molecule has 0 unspecified atom stereocenters. The van der Waals surface area contributed by atoms with E-state index >= 15 is 0 Å². The molecule has 1 N–H and O–H groups in total. The zero-order valence-electron chi connectivity index (χ0n) is 12.2. The summed E-state index contributed by atoms with van der Waals surface area (Å²) in [5, 5.41) is 3.48. The van der Waals surface area contributed by atoms with E-state index in [-0.39, 0.29) is 0 Å². The molecule has 4 nitrogen and oxygen atoms in total. The molecule has 0 bridgehead atoms. The molecule has 1 aliphatic carbocycles. The summed E-state index contributed by atoms with van der Waals surface area (Å²) in [4.78, 5) is 9.45. The van der Waals surface area contributed by atoms with Crippen molar-refractivity contribution in [2.24, 2.45) is 0 Å². The minimum Gasteiger partial charge on any atom is -0.384 e. The Morgan fingerprint density at radius 2 is 2.00 bits per heavy atom. The molecule has 19 heavy (non-hydrogen) atoms. The third-order valence-electron chi connectivity index (χ3n) is 3.55. The van der Waals surface area contributed by atoms with Gasteiger partial charge in [-0.1, -0.05) is 13.3 Å². The van der Waals surface area contributed by atoms with Crippen LogP contribution < -0.4 is 5.32 Å². The van der Waals surface area contributed by atoms with Crippen LogP contribution in [0.5, 0.6) is 0 Å². The van der Waals surface area contributed by atoms with Crippen molar-refractivity contribution in [2.75, 3.05) is 25.6 Å². The summed E-state index contributed by atoms with van der Waals surface area (Å²) in [7, 11) is 1.72. The molecule has 106 valence electrons. The van der Waals surface area contributed by atoms with Crippen LogP contribution in [-0.4, -0.2) is 30.2 Å². The number of aryl methyl sites for hydroxylation is 1. The van der Waals surface area contributed by atoms with Gasteiger partial charge in [0, 0.05) is 31.3 Å². The average molecular weight is 263 g/mol. The maximum absolute atomic E-state index is 5.14. The van der Waals surface area contributed by atoms with Gasteiger partial charge in [0.05, 0.1) is 6.61 Å². The molecule has 1 aromatic heterocycles. The Labute approximate surface area is 116 Å².